The van der Waals surface area contributed by atoms with E-state index in [1.54, 1.807) is 0 Å². The van der Waals surface area contributed by atoms with Gasteiger partial charge in [0.2, 0.25) is 0 Å². The Kier molecular flexibility index (Phi) is 4.26. The van der Waals surface area contributed by atoms with Crippen LogP contribution in [0.3, 0.4) is 0 Å². The summed E-state index contributed by atoms with van der Waals surface area (Å²) in [6.07, 6.45) is 2.92. The van der Waals surface area contributed by atoms with Gasteiger partial charge in [0.25, 0.3) is 0 Å². The molecule has 0 saturated carbocycles. The molecule has 0 atom stereocenters. The van der Waals surface area contributed by atoms with Gasteiger partial charge in [0, 0.05) is 24.7 Å². The van der Waals surface area contributed by atoms with Crippen LogP contribution in [0.2, 0.25) is 0 Å². The quantitative estimate of drug-likeness (QED) is 0.842. The smallest absolute Gasteiger partial charge is 0.303 e. The second-order valence-corrected chi connectivity index (χ2v) is 6.06. The van der Waals surface area contributed by atoms with Crippen molar-refractivity contribution in [3.8, 4) is 5.75 Å². The van der Waals surface area contributed by atoms with Crippen LogP contribution in [-0.2, 0) is 4.79 Å². The zero-order chi connectivity index (χ0) is 15.6. The number of allylic oxidation sites excluding steroid dienone is 1. The van der Waals surface area contributed by atoms with Crippen molar-refractivity contribution in [2.45, 2.75) is 39.2 Å². The molecule has 1 heterocycles. The number of aliphatic carboxylic acids is 1. The maximum atomic E-state index is 10.5. The molecule has 0 spiro atoms. The molecule has 0 unspecified atom stereocenters. The lowest BCUT2D eigenvalue weighted by atomic mass is 9.89. The van der Waals surface area contributed by atoms with E-state index < -0.39 is 5.97 Å². The number of likely N-dealkylation sites (N-methyl/N-ethyl adjacent to an activating group) is 1. The average Bonchev–Trinajstić information content (AvgIpc) is 2.40. The molecule has 0 bridgehead atoms. The lowest BCUT2D eigenvalue weighted by Gasteiger charge is -2.40. The van der Waals surface area contributed by atoms with Crippen LogP contribution in [0.15, 0.2) is 24.3 Å². The summed E-state index contributed by atoms with van der Waals surface area (Å²) in [6.45, 7) is 6.92. The largest absolute Gasteiger partial charge is 0.494 e. The van der Waals surface area contributed by atoms with E-state index in [-0.39, 0.29) is 12.0 Å². The van der Waals surface area contributed by atoms with Crippen molar-refractivity contribution < 1.29 is 14.6 Å². The SMILES string of the molecule is CC1=CC(C)(C)N(C)c2ccc(OCCCC(=O)O)cc21. The van der Waals surface area contributed by atoms with E-state index in [9.17, 15) is 4.79 Å². The van der Waals surface area contributed by atoms with Gasteiger partial charge in [-0.05, 0) is 51.0 Å². The molecule has 0 amide bonds. The summed E-state index contributed by atoms with van der Waals surface area (Å²) in [5, 5.41) is 8.61. The maximum Gasteiger partial charge on any atom is 0.303 e. The Balaban J connectivity index is 2.13. The predicted molar refractivity (Wildman–Crippen MR) is 84.9 cm³/mol. The van der Waals surface area contributed by atoms with Gasteiger partial charge in [-0.15, -0.1) is 0 Å². The summed E-state index contributed by atoms with van der Waals surface area (Å²) in [7, 11) is 2.09. The normalized spacial score (nSPS) is 16.2. The molecule has 1 aromatic carbocycles. The minimum absolute atomic E-state index is 0.000937. The molecule has 0 fully saturated rings. The lowest BCUT2D eigenvalue weighted by Crippen LogP contribution is -2.41. The Labute approximate surface area is 126 Å². The fourth-order valence-corrected chi connectivity index (χ4v) is 2.64. The number of nitrogens with zero attached hydrogens (tertiary/aromatic N) is 1. The Hall–Kier alpha value is -1.97. The van der Waals surface area contributed by atoms with Crippen LogP contribution in [-0.4, -0.2) is 30.3 Å². The summed E-state index contributed by atoms with van der Waals surface area (Å²) < 4.78 is 5.65. The van der Waals surface area contributed by atoms with Crippen molar-refractivity contribution in [3.05, 3.63) is 29.8 Å². The first kappa shape index (κ1) is 15.4. The Morgan fingerprint density at radius 1 is 1.38 bits per heavy atom. The van der Waals surface area contributed by atoms with Crippen molar-refractivity contribution >= 4 is 17.2 Å². The van der Waals surface area contributed by atoms with Crippen molar-refractivity contribution in [3.63, 3.8) is 0 Å². The minimum atomic E-state index is -0.785. The van der Waals surface area contributed by atoms with E-state index in [2.05, 4.69) is 44.9 Å². The molecule has 2 rings (SSSR count). The summed E-state index contributed by atoms with van der Waals surface area (Å²) in [5.74, 6) is 0.00618. The molecule has 1 aromatic rings. The van der Waals surface area contributed by atoms with Crippen LogP contribution in [0.1, 0.15) is 39.2 Å². The van der Waals surface area contributed by atoms with Gasteiger partial charge in [-0.1, -0.05) is 6.08 Å². The number of ether oxygens (including phenoxy) is 1. The van der Waals surface area contributed by atoms with Crippen molar-refractivity contribution in [2.24, 2.45) is 0 Å². The van der Waals surface area contributed by atoms with Crippen molar-refractivity contribution in [1.29, 1.82) is 0 Å². The molecular weight excluding hydrogens is 266 g/mol. The van der Waals surface area contributed by atoms with E-state index in [1.807, 2.05) is 12.1 Å². The van der Waals surface area contributed by atoms with Crippen LogP contribution in [0.5, 0.6) is 5.75 Å². The number of hydrogen-bond acceptors (Lipinski definition) is 3. The summed E-state index contributed by atoms with van der Waals surface area (Å²) in [6, 6.07) is 6.05. The standard InChI is InChI=1S/C17H23NO3/c1-12-11-17(2,3)18(4)15-8-7-13(10-14(12)15)21-9-5-6-16(19)20/h7-8,10-11H,5-6,9H2,1-4H3,(H,19,20). The van der Waals surface area contributed by atoms with Gasteiger partial charge in [-0.3, -0.25) is 4.79 Å². The summed E-state index contributed by atoms with van der Waals surface area (Å²) in [4.78, 5) is 12.7. The third kappa shape index (κ3) is 3.38. The number of rotatable bonds is 5. The monoisotopic (exact) mass is 289 g/mol. The minimum Gasteiger partial charge on any atom is -0.494 e. The van der Waals surface area contributed by atoms with Gasteiger partial charge in [0.1, 0.15) is 5.75 Å². The third-order valence-electron chi connectivity index (χ3n) is 3.99. The molecule has 114 valence electrons. The van der Waals surface area contributed by atoms with Crippen LogP contribution >= 0.6 is 0 Å². The van der Waals surface area contributed by atoms with E-state index in [0.29, 0.717) is 13.0 Å². The zero-order valence-corrected chi connectivity index (χ0v) is 13.1. The molecule has 1 N–H and O–H groups in total. The lowest BCUT2D eigenvalue weighted by molar-refractivity contribution is -0.137. The van der Waals surface area contributed by atoms with E-state index in [0.717, 1.165) is 5.75 Å². The number of anilines is 1. The zero-order valence-electron chi connectivity index (χ0n) is 13.1. The molecule has 21 heavy (non-hydrogen) atoms. The Morgan fingerprint density at radius 2 is 2.10 bits per heavy atom. The Bertz CT molecular complexity index is 575. The van der Waals surface area contributed by atoms with Crippen LogP contribution < -0.4 is 9.64 Å². The van der Waals surface area contributed by atoms with Crippen molar-refractivity contribution in [1.82, 2.24) is 0 Å². The molecule has 1 aliphatic rings. The predicted octanol–water partition coefficient (Wildman–Crippen LogP) is 3.56. The van der Waals surface area contributed by atoms with E-state index >= 15 is 0 Å². The van der Waals surface area contributed by atoms with Crippen LogP contribution in [0.4, 0.5) is 5.69 Å². The third-order valence-corrected chi connectivity index (χ3v) is 3.99. The average molecular weight is 289 g/mol. The second kappa shape index (κ2) is 5.80. The number of carboxylic acid groups (broad SMARTS) is 1. The number of hydrogen-bond donors (Lipinski definition) is 1. The summed E-state index contributed by atoms with van der Waals surface area (Å²) in [5.41, 5.74) is 3.61. The highest BCUT2D eigenvalue weighted by Gasteiger charge is 2.28. The molecule has 0 saturated heterocycles. The first-order valence-electron chi connectivity index (χ1n) is 7.23. The highest BCUT2D eigenvalue weighted by molar-refractivity contribution is 5.81. The number of fused-ring (bicyclic) bond motifs is 1. The molecule has 0 aliphatic carbocycles. The highest BCUT2D eigenvalue weighted by Crippen LogP contribution is 2.39. The number of carbonyl (C=O) groups is 1. The topological polar surface area (TPSA) is 49.8 Å². The Morgan fingerprint density at radius 3 is 2.76 bits per heavy atom. The number of carboxylic acids is 1. The van der Waals surface area contributed by atoms with Gasteiger partial charge >= 0.3 is 5.97 Å². The van der Waals surface area contributed by atoms with Crippen molar-refractivity contribution in [2.75, 3.05) is 18.6 Å². The van der Waals surface area contributed by atoms with E-state index in [4.69, 9.17) is 9.84 Å². The second-order valence-electron chi connectivity index (χ2n) is 6.06. The molecule has 0 aromatic heterocycles. The van der Waals surface area contributed by atoms with Gasteiger partial charge in [0.05, 0.1) is 12.1 Å². The molecule has 4 nitrogen and oxygen atoms in total. The van der Waals surface area contributed by atoms with Gasteiger partial charge < -0.3 is 14.7 Å². The summed E-state index contributed by atoms with van der Waals surface area (Å²) >= 11 is 0. The fourth-order valence-electron chi connectivity index (χ4n) is 2.64. The number of benzene rings is 1. The first-order chi connectivity index (χ1) is 9.81. The maximum absolute atomic E-state index is 10.5. The highest BCUT2D eigenvalue weighted by atomic mass is 16.5. The fraction of sp³-hybridized carbons (Fsp3) is 0.471. The van der Waals surface area contributed by atoms with Gasteiger partial charge in [0.15, 0.2) is 0 Å². The molecule has 1 aliphatic heterocycles. The van der Waals surface area contributed by atoms with Crippen LogP contribution in [0.25, 0.3) is 5.57 Å². The first-order valence-corrected chi connectivity index (χ1v) is 7.23. The van der Waals surface area contributed by atoms with Gasteiger partial charge in [-0.2, -0.15) is 0 Å². The molecule has 4 heteroatoms. The van der Waals surface area contributed by atoms with Gasteiger partial charge in [-0.25, -0.2) is 0 Å². The molecule has 0 radical (unpaired) electrons. The van der Waals surface area contributed by atoms with E-state index in [1.165, 1.54) is 16.8 Å². The molecular formula is C17H23NO3. The van der Waals surface area contributed by atoms with Crippen LogP contribution in [0, 0.1) is 0 Å².